The van der Waals surface area contributed by atoms with E-state index in [1.54, 1.807) is 30.7 Å². The largest absolute Gasteiger partial charge is 0.496 e. The van der Waals surface area contributed by atoms with Crippen LogP contribution in [0.4, 0.5) is 5.69 Å². The van der Waals surface area contributed by atoms with E-state index in [1.165, 1.54) is 15.9 Å². The van der Waals surface area contributed by atoms with E-state index in [2.05, 4.69) is 5.32 Å². The number of nitrogens with zero attached hydrogens (tertiary/aromatic N) is 2. The van der Waals surface area contributed by atoms with Gasteiger partial charge in [-0.3, -0.25) is 18.7 Å². The van der Waals surface area contributed by atoms with E-state index in [4.69, 9.17) is 4.74 Å². The SMILES string of the molecule is COc1ccccc1Cn1c(=O)c2sccc2n(CC(=O)Nc2ccc(C)cc2C)c1=O. The van der Waals surface area contributed by atoms with Crippen LogP contribution in [0.15, 0.2) is 63.5 Å². The van der Waals surface area contributed by atoms with Crippen LogP contribution in [0.3, 0.4) is 0 Å². The summed E-state index contributed by atoms with van der Waals surface area (Å²) in [6.07, 6.45) is 0. The maximum absolute atomic E-state index is 13.3. The number of hydrogen-bond donors (Lipinski definition) is 1. The van der Waals surface area contributed by atoms with Gasteiger partial charge in [-0.1, -0.05) is 35.9 Å². The summed E-state index contributed by atoms with van der Waals surface area (Å²) < 4.78 is 8.30. The number of thiophene rings is 1. The lowest BCUT2D eigenvalue weighted by atomic mass is 10.1. The number of aromatic nitrogens is 2. The van der Waals surface area contributed by atoms with Gasteiger partial charge in [0.25, 0.3) is 5.56 Å². The standard InChI is InChI=1S/C24H23N3O4S/c1-15-8-9-18(16(2)12-15)25-21(28)14-26-19-10-11-32-22(19)23(29)27(24(26)30)13-17-6-4-5-7-20(17)31-3/h4-12H,13-14H2,1-3H3,(H,25,28). The summed E-state index contributed by atoms with van der Waals surface area (Å²) in [5, 5.41) is 4.62. The molecule has 0 radical (unpaired) electrons. The highest BCUT2D eigenvalue weighted by Gasteiger charge is 2.18. The zero-order valence-electron chi connectivity index (χ0n) is 18.0. The number of methoxy groups -OCH3 is 1. The predicted molar refractivity (Wildman–Crippen MR) is 127 cm³/mol. The van der Waals surface area contributed by atoms with Crippen LogP contribution in [0.25, 0.3) is 10.2 Å². The molecule has 0 spiro atoms. The van der Waals surface area contributed by atoms with E-state index >= 15 is 0 Å². The molecular formula is C24H23N3O4S. The Balaban J connectivity index is 1.73. The first-order chi connectivity index (χ1) is 15.4. The third-order valence-electron chi connectivity index (χ3n) is 5.32. The minimum Gasteiger partial charge on any atom is -0.496 e. The first kappa shape index (κ1) is 21.6. The molecule has 2 heterocycles. The molecule has 0 aliphatic rings. The highest BCUT2D eigenvalue weighted by atomic mass is 32.1. The molecule has 164 valence electrons. The number of carbonyl (C=O) groups is 1. The molecule has 1 amide bonds. The van der Waals surface area contributed by atoms with Crippen LogP contribution >= 0.6 is 11.3 Å². The third kappa shape index (κ3) is 4.09. The lowest BCUT2D eigenvalue weighted by Crippen LogP contribution is -2.41. The molecule has 2 aromatic heterocycles. The number of rotatable bonds is 6. The minimum absolute atomic E-state index is 0.0498. The first-order valence-corrected chi connectivity index (χ1v) is 11.0. The molecule has 0 bridgehead atoms. The van der Waals surface area contributed by atoms with Crippen molar-refractivity contribution >= 4 is 33.1 Å². The van der Waals surface area contributed by atoms with Gasteiger partial charge in [-0.2, -0.15) is 0 Å². The molecule has 2 aromatic carbocycles. The molecular weight excluding hydrogens is 426 g/mol. The van der Waals surface area contributed by atoms with Crippen molar-refractivity contribution in [1.29, 1.82) is 0 Å². The predicted octanol–water partition coefficient (Wildman–Crippen LogP) is 3.54. The Hall–Kier alpha value is -3.65. The van der Waals surface area contributed by atoms with Gasteiger partial charge in [0.2, 0.25) is 5.91 Å². The maximum Gasteiger partial charge on any atom is 0.332 e. The molecule has 4 rings (SSSR count). The Kier molecular flexibility index (Phi) is 5.96. The van der Waals surface area contributed by atoms with Crippen molar-refractivity contribution in [2.24, 2.45) is 0 Å². The second-order valence-corrected chi connectivity index (χ2v) is 8.49. The van der Waals surface area contributed by atoms with Crippen LogP contribution in [-0.4, -0.2) is 22.2 Å². The van der Waals surface area contributed by atoms with Crippen molar-refractivity contribution < 1.29 is 9.53 Å². The monoisotopic (exact) mass is 449 g/mol. The van der Waals surface area contributed by atoms with Crippen LogP contribution in [0.5, 0.6) is 5.75 Å². The summed E-state index contributed by atoms with van der Waals surface area (Å²) in [6.45, 7) is 3.75. The number of amides is 1. The number of anilines is 1. The smallest absolute Gasteiger partial charge is 0.332 e. The summed E-state index contributed by atoms with van der Waals surface area (Å²) in [7, 11) is 1.54. The zero-order chi connectivity index (χ0) is 22.8. The number of aryl methyl sites for hydroxylation is 2. The normalized spacial score (nSPS) is 11.0. The molecule has 0 aliphatic carbocycles. The van der Waals surface area contributed by atoms with E-state index in [1.807, 2.05) is 44.2 Å². The van der Waals surface area contributed by atoms with Gasteiger partial charge in [0.05, 0.1) is 19.2 Å². The Morgan fingerprint density at radius 2 is 1.84 bits per heavy atom. The highest BCUT2D eigenvalue weighted by molar-refractivity contribution is 7.17. The number of para-hydroxylation sites is 1. The number of ether oxygens (including phenoxy) is 1. The van der Waals surface area contributed by atoms with Crippen LogP contribution < -0.4 is 21.3 Å². The van der Waals surface area contributed by atoms with Crippen LogP contribution in [0.2, 0.25) is 0 Å². The van der Waals surface area contributed by atoms with E-state index in [0.717, 1.165) is 15.7 Å². The van der Waals surface area contributed by atoms with Crippen molar-refractivity contribution in [1.82, 2.24) is 9.13 Å². The van der Waals surface area contributed by atoms with Crippen molar-refractivity contribution in [3.63, 3.8) is 0 Å². The molecule has 32 heavy (non-hydrogen) atoms. The van der Waals surface area contributed by atoms with Gasteiger partial charge in [0.15, 0.2) is 0 Å². The van der Waals surface area contributed by atoms with Gasteiger partial charge in [0.1, 0.15) is 17.0 Å². The molecule has 0 saturated heterocycles. The number of fused-ring (bicyclic) bond motifs is 1. The second kappa shape index (κ2) is 8.84. The fourth-order valence-corrected chi connectivity index (χ4v) is 4.56. The first-order valence-electron chi connectivity index (χ1n) is 10.1. The molecule has 4 aromatic rings. The number of carbonyl (C=O) groups excluding carboxylic acids is 1. The Bertz CT molecular complexity index is 1430. The molecule has 0 unspecified atom stereocenters. The quantitative estimate of drug-likeness (QED) is 0.488. The van der Waals surface area contributed by atoms with Gasteiger partial charge in [-0.25, -0.2) is 4.79 Å². The lowest BCUT2D eigenvalue weighted by molar-refractivity contribution is -0.116. The van der Waals surface area contributed by atoms with Gasteiger partial charge < -0.3 is 10.1 Å². The summed E-state index contributed by atoms with van der Waals surface area (Å²) >= 11 is 1.25. The van der Waals surface area contributed by atoms with Gasteiger partial charge in [-0.05, 0) is 43.0 Å². The fraction of sp³-hybridized carbons (Fsp3) is 0.208. The summed E-state index contributed by atoms with van der Waals surface area (Å²) in [5.41, 5.74) is 2.97. The molecule has 7 nitrogen and oxygen atoms in total. The van der Waals surface area contributed by atoms with Crippen molar-refractivity contribution in [3.05, 3.63) is 91.4 Å². The van der Waals surface area contributed by atoms with Gasteiger partial charge in [-0.15, -0.1) is 11.3 Å². The Morgan fingerprint density at radius 3 is 2.59 bits per heavy atom. The van der Waals surface area contributed by atoms with Crippen molar-refractivity contribution in [2.45, 2.75) is 26.9 Å². The average molecular weight is 450 g/mol. The van der Waals surface area contributed by atoms with Gasteiger partial charge >= 0.3 is 5.69 Å². The maximum atomic E-state index is 13.3. The Labute approximate surface area is 188 Å². The molecule has 0 atom stereocenters. The molecule has 1 N–H and O–H groups in total. The van der Waals surface area contributed by atoms with E-state index < -0.39 is 5.69 Å². The van der Waals surface area contributed by atoms with Crippen LogP contribution in [-0.2, 0) is 17.9 Å². The Morgan fingerprint density at radius 1 is 1.06 bits per heavy atom. The van der Waals surface area contributed by atoms with E-state index in [9.17, 15) is 14.4 Å². The lowest BCUT2D eigenvalue weighted by Gasteiger charge is -2.14. The number of benzene rings is 2. The highest BCUT2D eigenvalue weighted by Crippen LogP contribution is 2.20. The summed E-state index contributed by atoms with van der Waals surface area (Å²) in [6, 6.07) is 14.7. The fourth-order valence-electron chi connectivity index (χ4n) is 3.72. The van der Waals surface area contributed by atoms with Gasteiger partial charge in [0, 0.05) is 11.3 Å². The average Bonchev–Trinajstić information content (AvgIpc) is 3.26. The van der Waals surface area contributed by atoms with Crippen LogP contribution in [0.1, 0.15) is 16.7 Å². The zero-order valence-corrected chi connectivity index (χ0v) is 18.9. The van der Waals surface area contributed by atoms with E-state index in [-0.39, 0.29) is 24.6 Å². The van der Waals surface area contributed by atoms with Crippen molar-refractivity contribution in [3.8, 4) is 5.75 Å². The molecule has 0 aliphatic heterocycles. The molecule has 0 fully saturated rings. The molecule has 0 saturated carbocycles. The van der Waals surface area contributed by atoms with Crippen molar-refractivity contribution in [2.75, 3.05) is 12.4 Å². The minimum atomic E-state index is -0.539. The summed E-state index contributed by atoms with van der Waals surface area (Å²) in [5.74, 6) is 0.248. The molecule has 8 heteroatoms. The second-order valence-electron chi connectivity index (χ2n) is 7.57. The summed E-state index contributed by atoms with van der Waals surface area (Å²) in [4.78, 5) is 39.2. The third-order valence-corrected chi connectivity index (χ3v) is 6.21. The number of hydrogen-bond acceptors (Lipinski definition) is 5. The van der Waals surface area contributed by atoms with E-state index in [0.29, 0.717) is 27.2 Å². The number of nitrogens with one attached hydrogen (secondary N) is 1. The van der Waals surface area contributed by atoms with Crippen LogP contribution in [0, 0.1) is 13.8 Å². The topological polar surface area (TPSA) is 82.3 Å².